The fourth-order valence-electron chi connectivity index (χ4n) is 2.30. The molecule has 1 unspecified atom stereocenters. The number of methoxy groups -OCH3 is 2. The van der Waals surface area contributed by atoms with Crippen molar-refractivity contribution >= 4 is 0 Å². The Kier molecular flexibility index (Phi) is 5.76. The van der Waals surface area contributed by atoms with Crippen LogP contribution in [0.25, 0.3) is 11.5 Å². The predicted molar refractivity (Wildman–Crippen MR) is 89.0 cm³/mol. The van der Waals surface area contributed by atoms with Gasteiger partial charge < -0.3 is 19.3 Å². The van der Waals surface area contributed by atoms with Crippen molar-refractivity contribution in [3.63, 3.8) is 0 Å². The van der Waals surface area contributed by atoms with E-state index in [0.717, 1.165) is 11.1 Å². The number of aromatic nitrogens is 2. The Labute approximate surface area is 136 Å². The molecule has 23 heavy (non-hydrogen) atoms. The highest BCUT2D eigenvalue weighted by Crippen LogP contribution is 2.36. The van der Waals surface area contributed by atoms with Crippen LogP contribution in [-0.2, 0) is 12.8 Å². The highest BCUT2D eigenvalue weighted by atomic mass is 16.5. The SMILES string of the molecule is C=CCc1cc(-c2nc(CC(C)NC)no2)cc(OC)c1OC. The zero-order valence-corrected chi connectivity index (χ0v) is 14.0. The molecule has 2 rings (SSSR count). The third kappa shape index (κ3) is 3.90. The van der Waals surface area contributed by atoms with Crippen molar-refractivity contribution in [1.29, 1.82) is 0 Å². The van der Waals surface area contributed by atoms with E-state index in [0.29, 0.717) is 36.1 Å². The van der Waals surface area contributed by atoms with E-state index < -0.39 is 0 Å². The number of allylic oxidation sites excluding steroid dienone is 1. The summed E-state index contributed by atoms with van der Waals surface area (Å²) in [6.07, 6.45) is 3.17. The second kappa shape index (κ2) is 7.78. The van der Waals surface area contributed by atoms with E-state index in [9.17, 15) is 0 Å². The molecule has 0 fully saturated rings. The van der Waals surface area contributed by atoms with Crippen molar-refractivity contribution < 1.29 is 14.0 Å². The maximum Gasteiger partial charge on any atom is 0.258 e. The lowest BCUT2D eigenvalue weighted by Gasteiger charge is -2.13. The molecule has 1 aromatic heterocycles. The first-order valence-corrected chi connectivity index (χ1v) is 7.48. The molecule has 0 aliphatic rings. The van der Waals surface area contributed by atoms with Gasteiger partial charge in [-0.05, 0) is 32.5 Å². The zero-order valence-electron chi connectivity index (χ0n) is 14.0. The van der Waals surface area contributed by atoms with Crippen LogP contribution in [0.3, 0.4) is 0 Å². The molecule has 0 aliphatic carbocycles. The van der Waals surface area contributed by atoms with E-state index >= 15 is 0 Å². The van der Waals surface area contributed by atoms with Crippen LogP contribution in [0.2, 0.25) is 0 Å². The van der Waals surface area contributed by atoms with Crippen LogP contribution in [0.15, 0.2) is 29.3 Å². The smallest absolute Gasteiger partial charge is 0.258 e. The molecule has 1 N–H and O–H groups in total. The fraction of sp³-hybridized carbons (Fsp3) is 0.412. The van der Waals surface area contributed by atoms with Gasteiger partial charge in [-0.3, -0.25) is 0 Å². The lowest BCUT2D eigenvalue weighted by Crippen LogP contribution is -2.24. The summed E-state index contributed by atoms with van der Waals surface area (Å²) in [5, 5.41) is 7.19. The molecule has 0 spiro atoms. The van der Waals surface area contributed by atoms with Gasteiger partial charge in [0.15, 0.2) is 17.3 Å². The van der Waals surface area contributed by atoms with Crippen molar-refractivity contribution in [3.8, 4) is 23.0 Å². The van der Waals surface area contributed by atoms with E-state index in [-0.39, 0.29) is 6.04 Å². The highest BCUT2D eigenvalue weighted by molar-refractivity contribution is 5.63. The summed E-state index contributed by atoms with van der Waals surface area (Å²) in [4.78, 5) is 4.46. The molecule has 1 aromatic carbocycles. The largest absolute Gasteiger partial charge is 0.493 e. The Morgan fingerprint density at radius 3 is 2.74 bits per heavy atom. The van der Waals surface area contributed by atoms with Crippen molar-refractivity contribution in [1.82, 2.24) is 15.5 Å². The second-order valence-corrected chi connectivity index (χ2v) is 5.27. The van der Waals surface area contributed by atoms with Crippen molar-refractivity contribution in [2.24, 2.45) is 0 Å². The molecule has 0 saturated carbocycles. The number of nitrogens with one attached hydrogen (secondary N) is 1. The summed E-state index contributed by atoms with van der Waals surface area (Å²) in [7, 11) is 5.13. The number of hydrogen-bond acceptors (Lipinski definition) is 6. The Bertz CT molecular complexity index is 667. The average molecular weight is 317 g/mol. The summed E-state index contributed by atoms with van der Waals surface area (Å²) in [6.45, 7) is 5.84. The summed E-state index contributed by atoms with van der Waals surface area (Å²) >= 11 is 0. The Morgan fingerprint density at radius 2 is 2.13 bits per heavy atom. The van der Waals surface area contributed by atoms with Gasteiger partial charge in [-0.25, -0.2) is 0 Å². The van der Waals surface area contributed by atoms with Crippen molar-refractivity contribution in [3.05, 3.63) is 36.2 Å². The standard InChI is InChI=1S/C17H23N3O3/c1-6-7-12-9-13(10-14(21-4)16(12)22-5)17-19-15(20-23-17)8-11(2)18-3/h6,9-11,18H,1,7-8H2,2-5H3. The van der Waals surface area contributed by atoms with E-state index in [1.165, 1.54) is 0 Å². The minimum absolute atomic E-state index is 0.280. The van der Waals surface area contributed by atoms with Crippen LogP contribution in [0.1, 0.15) is 18.3 Å². The number of benzene rings is 1. The molecule has 0 aliphatic heterocycles. The summed E-state index contributed by atoms with van der Waals surface area (Å²) < 4.78 is 16.2. The first-order chi connectivity index (χ1) is 11.1. The van der Waals surface area contributed by atoms with E-state index in [2.05, 4.69) is 29.0 Å². The number of nitrogens with zero attached hydrogens (tertiary/aromatic N) is 2. The van der Waals surface area contributed by atoms with Crippen molar-refractivity contribution in [2.75, 3.05) is 21.3 Å². The molecule has 1 heterocycles. The van der Waals surface area contributed by atoms with Gasteiger partial charge in [0.05, 0.1) is 14.2 Å². The van der Waals surface area contributed by atoms with Gasteiger partial charge in [0.1, 0.15) is 0 Å². The van der Waals surface area contributed by atoms with Gasteiger partial charge in [0.25, 0.3) is 5.89 Å². The first kappa shape index (κ1) is 17.0. The predicted octanol–water partition coefficient (Wildman–Crippen LogP) is 2.63. The van der Waals surface area contributed by atoms with Gasteiger partial charge in [-0.1, -0.05) is 11.2 Å². The normalized spacial score (nSPS) is 12.0. The van der Waals surface area contributed by atoms with Gasteiger partial charge in [-0.15, -0.1) is 6.58 Å². The van der Waals surface area contributed by atoms with Crippen LogP contribution in [0.4, 0.5) is 0 Å². The molecule has 0 saturated heterocycles. The minimum Gasteiger partial charge on any atom is -0.493 e. The van der Waals surface area contributed by atoms with Gasteiger partial charge in [0.2, 0.25) is 0 Å². The van der Waals surface area contributed by atoms with E-state index in [1.54, 1.807) is 14.2 Å². The number of likely N-dealkylation sites (N-methyl/N-ethyl adjacent to an activating group) is 1. The molecule has 0 amide bonds. The number of hydrogen-bond donors (Lipinski definition) is 1. The maximum atomic E-state index is 5.44. The number of rotatable bonds is 8. The van der Waals surface area contributed by atoms with Crippen LogP contribution in [0, 0.1) is 0 Å². The molecule has 0 radical (unpaired) electrons. The summed E-state index contributed by atoms with van der Waals surface area (Å²) in [5.41, 5.74) is 1.76. The lowest BCUT2D eigenvalue weighted by atomic mass is 10.1. The quantitative estimate of drug-likeness (QED) is 0.755. The molecule has 124 valence electrons. The van der Waals surface area contributed by atoms with Crippen LogP contribution < -0.4 is 14.8 Å². The summed E-state index contributed by atoms with van der Waals surface area (Å²) in [6, 6.07) is 4.08. The van der Waals surface area contributed by atoms with E-state index in [4.69, 9.17) is 14.0 Å². The van der Waals surface area contributed by atoms with Gasteiger partial charge in [0, 0.05) is 23.6 Å². The molecule has 1 atom stereocenters. The molecule has 6 nitrogen and oxygen atoms in total. The molecular formula is C17H23N3O3. The van der Waals surface area contributed by atoms with Crippen LogP contribution in [0.5, 0.6) is 11.5 Å². The number of ether oxygens (including phenoxy) is 2. The highest BCUT2D eigenvalue weighted by Gasteiger charge is 2.17. The first-order valence-electron chi connectivity index (χ1n) is 7.48. The molecule has 6 heteroatoms. The second-order valence-electron chi connectivity index (χ2n) is 5.27. The molecular weight excluding hydrogens is 294 g/mol. The van der Waals surface area contributed by atoms with Gasteiger partial charge >= 0.3 is 0 Å². The van der Waals surface area contributed by atoms with Crippen molar-refractivity contribution in [2.45, 2.75) is 25.8 Å². The third-order valence-corrected chi connectivity index (χ3v) is 3.62. The molecule has 2 aromatic rings. The van der Waals surface area contributed by atoms with Gasteiger partial charge in [-0.2, -0.15) is 4.98 Å². The maximum absolute atomic E-state index is 5.44. The monoisotopic (exact) mass is 317 g/mol. The van der Waals surface area contributed by atoms with E-state index in [1.807, 2.05) is 25.3 Å². The Balaban J connectivity index is 2.39. The molecule has 0 bridgehead atoms. The fourth-order valence-corrected chi connectivity index (χ4v) is 2.30. The zero-order chi connectivity index (χ0) is 16.8. The average Bonchev–Trinajstić information content (AvgIpc) is 3.02. The van der Waals surface area contributed by atoms with Crippen LogP contribution >= 0.6 is 0 Å². The third-order valence-electron chi connectivity index (χ3n) is 3.62. The Hall–Kier alpha value is -2.34. The Morgan fingerprint density at radius 1 is 1.35 bits per heavy atom. The lowest BCUT2D eigenvalue weighted by molar-refractivity contribution is 0.352. The topological polar surface area (TPSA) is 69.4 Å². The van der Waals surface area contributed by atoms with Crippen LogP contribution in [-0.4, -0.2) is 37.4 Å². The minimum atomic E-state index is 0.280. The summed E-state index contributed by atoms with van der Waals surface area (Å²) in [5.74, 6) is 2.46.